The molecular formula is C29H39N7O3. The number of alkyl carbamates (subject to hydrolysis) is 1. The van der Waals surface area contributed by atoms with Crippen molar-refractivity contribution in [3.8, 4) is 5.69 Å². The number of rotatable bonds is 5. The van der Waals surface area contributed by atoms with E-state index in [2.05, 4.69) is 63.8 Å². The largest absolute Gasteiger partial charge is 0.444 e. The molecule has 3 aromatic rings. The van der Waals surface area contributed by atoms with Crippen molar-refractivity contribution in [2.45, 2.75) is 84.9 Å². The molecule has 5 rings (SSSR count). The lowest BCUT2D eigenvalue weighted by atomic mass is 9.85. The standard InChI is InChI=1S/C29H39N7O3/c1-17-7-9-23(10-8-17)36-19(3)24-18(2)32-33-26(25(24)34-36)35-13-11-20(12-14-35)27(37)30-21-15-22(16-21)31-28(38)39-29(4,5)6/h7-10,20-22H,11-16H2,1-6H3,(H,30,37)(H,31,38)/t21-,22-. The van der Waals surface area contributed by atoms with Gasteiger partial charge in [-0.1, -0.05) is 17.7 Å². The molecule has 2 aliphatic rings. The Balaban J connectivity index is 1.18. The van der Waals surface area contributed by atoms with Gasteiger partial charge in [0.05, 0.1) is 22.5 Å². The SMILES string of the molecule is Cc1ccc(-n2nc3c(N4CCC(C(=O)N[C@H]5C[C@H](NC(=O)OC(C)(C)C)C5)CC4)nnc(C)c3c2C)cc1. The normalized spacial score (nSPS) is 20.0. The van der Waals surface area contributed by atoms with Gasteiger partial charge < -0.3 is 20.3 Å². The van der Waals surface area contributed by atoms with Crippen molar-refractivity contribution in [2.24, 2.45) is 5.92 Å². The van der Waals surface area contributed by atoms with E-state index in [0.717, 1.165) is 72.6 Å². The van der Waals surface area contributed by atoms with Crippen LogP contribution >= 0.6 is 0 Å². The fourth-order valence-electron chi connectivity index (χ4n) is 5.46. The number of amides is 2. The fraction of sp³-hybridized carbons (Fsp3) is 0.552. The molecule has 1 saturated heterocycles. The van der Waals surface area contributed by atoms with Crippen LogP contribution in [0.15, 0.2) is 24.3 Å². The lowest BCUT2D eigenvalue weighted by Crippen LogP contribution is -2.55. The molecule has 1 aromatic carbocycles. The summed E-state index contributed by atoms with van der Waals surface area (Å²) in [5.74, 6) is 0.827. The number of piperidine rings is 1. The van der Waals surface area contributed by atoms with Gasteiger partial charge >= 0.3 is 6.09 Å². The summed E-state index contributed by atoms with van der Waals surface area (Å²) in [6.45, 7) is 13.1. The average Bonchev–Trinajstić information content (AvgIpc) is 3.20. The number of nitrogens with zero attached hydrogens (tertiary/aromatic N) is 5. The molecule has 10 nitrogen and oxygen atoms in total. The first kappa shape index (κ1) is 26.9. The Kier molecular flexibility index (Phi) is 7.22. The van der Waals surface area contributed by atoms with Gasteiger partial charge in [-0.25, -0.2) is 9.48 Å². The van der Waals surface area contributed by atoms with Crippen molar-refractivity contribution < 1.29 is 14.3 Å². The molecule has 10 heteroatoms. The van der Waals surface area contributed by atoms with Crippen LogP contribution < -0.4 is 15.5 Å². The molecule has 0 spiro atoms. The summed E-state index contributed by atoms with van der Waals surface area (Å²) < 4.78 is 7.28. The van der Waals surface area contributed by atoms with E-state index < -0.39 is 11.7 Å². The van der Waals surface area contributed by atoms with E-state index in [4.69, 9.17) is 9.84 Å². The Bertz CT molecular complexity index is 1360. The maximum atomic E-state index is 13.0. The van der Waals surface area contributed by atoms with Gasteiger partial charge in [-0.05, 0) is 79.4 Å². The number of aromatic nitrogens is 4. The van der Waals surface area contributed by atoms with E-state index in [1.165, 1.54) is 5.56 Å². The Labute approximate surface area is 229 Å². The Morgan fingerprint density at radius 2 is 1.59 bits per heavy atom. The minimum Gasteiger partial charge on any atom is -0.444 e. The number of benzene rings is 1. The van der Waals surface area contributed by atoms with Crippen molar-refractivity contribution in [3.63, 3.8) is 0 Å². The number of hydrogen-bond acceptors (Lipinski definition) is 7. The van der Waals surface area contributed by atoms with E-state index in [1.54, 1.807) is 0 Å². The Morgan fingerprint density at radius 3 is 2.23 bits per heavy atom. The second-order valence-corrected chi connectivity index (χ2v) is 11.9. The third-order valence-corrected chi connectivity index (χ3v) is 7.63. The molecule has 3 heterocycles. The second kappa shape index (κ2) is 10.5. The van der Waals surface area contributed by atoms with Crippen molar-refractivity contribution >= 4 is 28.7 Å². The minimum absolute atomic E-state index is 0.0395. The van der Waals surface area contributed by atoms with E-state index in [0.29, 0.717) is 0 Å². The summed E-state index contributed by atoms with van der Waals surface area (Å²) in [5, 5.41) is 21.0. The number of aryl methyl sites for hydroxylation is 3. The molecule has 1 aliphatic heterocycles. The van der Waals surface area contributed by atoms with Crippen LogP contribution in [-0.2, 0) is 9.53 Å². The number of anilines is 1. The van der Waals surface area contributed by atoms with E-state index >= 15 is 0 Å². The molecule has 1 aliphatic carbocycles. The molecule has 2 amide bonds. The lowest BCUT2D eigenvalue weighted by molar-refractivity contribution is -0.127. The minimum atomic E-state index is -0.522. The summed E-state index contributed by atoms with van der Waals surface area (Å²) in [6, 6.07) is 8.45. The molecule has 208 valence electrons. The summed E-state index contributed by atoms with van der Waals surface area (Å²) in [4.78, 5) is 27.1. The van der Waals surface area contributed by atoms with Gasteiger partial charge in [0.25, 0.3) is 0 Å². The van der Waals surface area contributed by atoms with Crippen LogP contribution in [0.2, 0.25) is 0 Å². The maximum Gasteiger partial charge on any atom is 0.407 e. The van der Waals surface area contributed by atoms with Crippen LogP contribution in [0.25, 0.3) is 16.6 Å². The first-order chi connectivity index (χ1) is 18.5. The number of carbonyl (C=O) groups is 2. The van der Waals surface area contributed by atoms with E-state index in [-0.39, 0.29) is 23.9 Å². The first-order valence-corrected chi connectivity index (χ1v) is 13.8. The molecule has 39 heavy (non-hydrogen) atoms. The zero-order valence-electron chi connectivity index (χ0n) is 23.7. The quantitative estimate of drug-likeness (QED) is 0.507. The highest BCUT2D eigenvalue weighted by Gasteiger charge is 2.35. The molecule has 2 fully saturated rings. The van der Waals surface area contributed by atoms with Crippen LogP contribution in [0, 0.1) is 26.7 Å². The monoisotopic (exact) mass is 533 g/mol. The summed E-state index contributed by atoms with van der Waals surface area (Å²) >= 11 is 0. The zero-order valence-corrected chi connectivity index (χ0v) is 23.7. The second-order valence-electron chi connectivity index (χ2n) is 11.9. The predicted molar refractivity (Wildman–Crippen MR) is 150 cm³/mol. The van der Waals surface area contributed by atoms with Gasteiger partial charge in [-0.15, -0.1) is 5.10 Å². The van der Waals surface area contributed by atoms with Crippen molar-refractivity contribution in [1.29, 1.82) is 0 Å². The average molecular weight is 534 g/mol. The van der Waals surface area contributed by atoms with Gasteiger partial charge in [-0.2, -0.15) is 10.2 Å². The van der Waals surface area contributed by atoms with Crippen LogP contribution in [0.5, 0.6) is 0 Å². The van der Waals surface area contributed by atoms with Crippen molar-refractivity contribution in [1.82, 2.24) is 30.6 Å². The molecular weight excluding hydrogens is 494 g/mol. The molecule has 1 saturated carbocycles. The third-order valence-electron chi connectivity index (χ3n) is 7.63. The third kappa shape index (κ3) is 5.84. The predicted octanol–water partition coefficient (Wildman–Crippen LogP) is 4.13. The Hall–Kier alpha value is -3.69. The lowest BCUT2D eigenvalue weighted by Gasteiger charge is -2.38. The number of nitrogens with one attached hydrogen (secondary N) is 2. The van der Waals surface area contributed by atoms with Crippen molar-refractivity contribution in [3.05, 3.63) is 41.2 Å². The Morgan fingerprint density at radius 1 is 0.949 bits per heavy atom. The van der Waals surface area contributed by atoms with Gasteiger partial charge in [0.1, 0.15) is 11.1 Å². The zero-order chi connectivity index (χ0) is 27.9. The highest BCUT2D eigenvalue weighted by Crippen LogP contribution is 2.32. The van der Waals surface area contributed by atoms with Crippen LogP contribution in [-0.4, -0.2) is 62.8 Å². The topological polar surface area (TPSA) is 114 Å². The number of hydrogen-bond donors (Lipinski definition) is 2. The van der Waals surface area contributed by atoms with Crippen molar-refractivity contribution in [2.75, 3.05) is 18.0 Å². The van der Waals surface area contributed by atoms with Crippen LogP contribution in [0.4, 0.5) is 10.6 Å². The summed E-state index contributed by atoms with van der Waals surface area (Å²) in [5.41, 5.74) is 4.44. The highest BCUT2D eigenvalue weighted by molar-refractivity contribution is 5.92. The molecule has 0 unspecified atom stereocenters. The highest BCUT2D eigenvalue weighted by atomic mass is 16.6. The number of ether oxygens (including phenoxy) is 1. The van der Waals surface area contributed by atoms with Gasteiger partial charge in [-0.3, -0.25) is 4.79 Å². The molecule has 0 bridgehead atoms. The molecule has 0 atom stereocenters. The van der Waals surface area contributed by atoms with E-state index in [9.17, 15) is 9.59 Å². The van der Waals surface area contributed by atoms with Crippen LogP contribution in [0.1, 0.15) is 63.4 Å². The van der Waals surface area contributed by atoms with E-state index in [1.807, 2.05) is 32.4 Å². The first-order valence-electron chi connectivity index (χ1n) is 13.8. The summed E-state index contributed by atoms with van der Waals surface area (Å²) in [6.07, 6.45) is 2.53. The van der Waals surface area contributed by atoms with Gasteiger partial charge in [0.2, 0.25) is 5.91 Å². The molecule has 2 N–H and O–H groups in total. The molecule has 0 radical (unpaired) electrons. The number of fused-ring (bicyclic) bond motifs is 1. The number of carbonyl (C=O) groups excluding carboxylic acids is 2. The van der Waals surface area contributed by atoms with Gasteiger partial charge in [0.15, 0.2) is 5.82 Å². The van der Waals surface area contributed by atoms with Crippen LogP contribution in [0.3, 0.4) is 0 Å². The summed E-state index contributed by atoms with van der Waals surface area (Å²) in [7, 11) is 0. The van der Waals surface area contributed by atoms with Gasteiger partial charge in [0, 0.05) is 31.1 Å². The molecule has 2 aromatic heterocycles. The fourth-order valence-corrected chi connectivity index (χ4v) is 5.46. The smallest absolute Gasteiger partial charge is 0.407 e. The maximum absolute atomic E-state index is 13.0.